The van der Waals surface area contributed by atoms with Gasteiger partial charge in [-0.05, 0) is 38.5 Å². The lowest BCUT2D eigenvalue weighted by Crippen LogP contribution is -2.44. The Kier molecular flexibility index (Phi) is 4.13. The second kappa shape index (κ2) is 6.70. The van der Waals surface area contributed by atoms with E-state index in [9.17, 15) is 0 Å². The van der Waals surface area contributed by atoms with Gasteiger partial charge in [0.1, 0.15) is 5.69 Å². The molecule has 1 atom stereocenters. The normalized spacial score (nSPS) is 17.4. The van der Waals surface area contributed by atoms with Gasteiger partial charge in [-0.1, -0.05) is 0 Å². The Morgan fingerprint density at radius 2 is 2.14 bits per heavy atom. The van der Waals surface area contributed by atoms with Crippen molar-refractivity contribution in [2.75, 3.05) is 24.7 Å². The molecule has 1 N–H and O–H groups in total. The van der Waals surface area contributed by atoms with Crippen LogP contribution in [0.15, 0.2) is 24.5 Å². The molecular weight excluding hydrogens is 368 g/mol. The Bertz CT molecular complexity index is 1150. The van der Waals surface area contributed by atoms with E-state index in [0.717, 1.165) is 51.9 Å². The number of nitrogens with one attached hydrogen (secondary N) is 1. The van der Waals surface area contributed by atoms with Crippen molar-refractivity contribution in [2.45, 2.75) is 26.8 Å². The lowest BCUT2D eigenvalue weighted by Gasteiger charge is -2.34. The molecule has 0 aliphatic carbocycles. The number of ether oxygens (including phenoxy) is 1. The van der Waals surface area contributed by atoms with Crippen molar-refractivity contribution < 1.29 is 4.74 Å². The highest BCUT2D eigenvalue weighted by atomic mass is 16.5. The van der Waals surface area contributed by atoms with E-state index in [1.807, 2.05) is 35.4 Å². The molecule has 0 bridgehead atoms. The third-order valence-corrected chi connectivity index (χ3v) is 5.54. The maximum absolute atomic E-state index is 5.63. The first kappa shape index (κ1) is 17.9. The highest BCUT2D eigenvalue weighted by molar-refractivity contribution is 5.85. The van der Waals surface area contributed by atoms with E-state index in [0.29, 0.717) is 13.2 Å². The fraction of sp³-hybridized carbons (Fsp3) is 0.400. The van der Waals surface area contributed by atoms with Crippen LogP contribution < -0.4 is 4.90 Å². The molecule has 4 aromatic rings. The number of fused-ring (bicyclic) bond motifs is 1. The lowest BCUT2D eigenvalue weighted by atomic mass is 10.1. The molecule has 0 radical (unpaired) electrons. The summed E-state index contributed by atoms with van der Waals surface area (Å²) in [5.41, 5.74) is 5.98. The van der Waals surface area contributed by atoms with Crippen LogP contribution in [0.25, 0.3) is 28.3 Å². The number of imidazole rings is 1. The van der Waals surface area contributed by atoms with E-state index in [2.05, 4.69) is 40.1 Å². The van der Waals surface area contributed by atoms with Crippen LogP contribution in [0.1, 0.15) is 18.2 Å². The predicted molar refractivity (Wildman–Crippen MR) is 110 cm³/mol. The van der Waals surface area contributed by atoms with Crippen molar-refractivity contribution in [3.05, 3.63) is 35.8 Å². The molecule has 1 saturated heterocycles. The summed E-state index contributed by atoms with van der Waals surface area (Å²) in [4.78, 5) is 7.12. The molecule has 0 spiro atoms. The highest BCUT2D eigenvalue weighted by Crippen LogP contribution is 2.34. The van der Waals surface area contributed by atoms with Gasteiger partial charge >= 0.3 is 0 Å². The molecule has 1 aliphatic heterocycles. The Morgan fingerprint density at radius 3 is 2.83 bits per heavy atom. The number of aryl methyl sites for hydroxylation is 3. The molecule has 150 valence electrons. The minimum atomic E-state index is 0.245. The first-order valence-corrected chi connectivity index (χ1v) is 9.78. The Balaban J connectivity index is 1.82. The Labute approximate surface area is 168 Å². The molecule has 5 rings (SSSR count). The van der Waals surface area contributed by atoms with Crippen molar-refractivity contribution >= 4 is 11.3 Å². The predicted octanol–water partition coefficient (Wildman–Crippen LogP) is 2.36. The fourth-order valence-corrected chi connectivity index (χ4v) is 4.13. The molecule has 1 fully saturated rings. The van der Waals surface area contributed by atoms with Crippen molar-refractivity contribution in [1.29, 1.82) is 0 Å². The monoisotopic (exact) mass is 392 g/mol. The number of anilines is 1. The molecule has 0 amide bonds. The molecule has 5 heterocycles. The van der Waals surface area contributed by atoms with Crippen LogP contribution in [0, 0.1) is 13.8 Å². The minimum Gasteiger partial charge on any atom is -0.377 e. The summed E-state index contributed by atoms with van der Waals surface area (Å²) in [6, 6.07) is 4.32. The smallest absolute Gasteiger partial charge is 0.179 e. The van der Waals surface area contributed by atoms with E-state index in [-0.39, 0.29) is 6.04 Å². The van der Waals surface area contributed by atoms with E-state index in [1.165, 1.54) is 0 Å². The van der Waals surface area contributed by atoms with Crippen LogP contribution in [-0.2, 0) is 11.8 Å². The van der Waals surface area contributed by atoms with Crippen LogP contribution in [-0.4, -0.2) is 60.4 Å². The Hall–Kier alpha value is -3.20. The summed E-state index contributed by atoms with van der Waals surface area (Å²) >= 11 is 0. The summed E-state index contributed by atoms with van der Waals surface area (Å²) in [7, 11) is 1.97. The van der Waals surface area contributed by atoms with Crippen molar-refractivity contribution in [3.63, 3.8) is 0 Å². The van der Waals surface area contributed by atoms with Gasteiger partial charge in [-0.15, -0.1) is 5.10 Å². The van der Waals surface area contributed by atoms with E-state index in [4.69, 9.17) is 14.8 Å². The number of aromatic nitrogens is 7. The average Bonchev–Trinajstić information content (AvgIpc) is 3.42. The zero-order chi connectivity index (χ0) is 20.1. The molecule has 9 nitrogen and oxygen atoms in total. The molecule has 0 saturated carbocycles. The molecule has 1 aliphatic rings. The van der Waals surface area contributed by atoms with Crippen molar-refractivity contribution in [1.82, 2.24) is 34.6 Å². The average molecular weight is 392 g/mol. The highest BCUT2D eigenvalue weighted by Gasteiger charge is 2.25. The molecule has 9 heteroatoms. The summed E-state index contributed by atoms with van der Waals surface area (Å²) in [6.07, 6.45) is 3.62. The maximum Gasteiger partial charge on any atom is 0.179 e. The molecule has 4 aromatic heterocycles. The summed E-state index contributed by atoms with van der Waals surface area (Å²) < 4.78 is 9.48. The van der Waals surface area contributed by atoms with Crippen LogP contribution in [0.2, 0.25) is 0 Å². The van der Waals surface area contributed by atoms with Crippen molar-refractivity contribution in [3.8, 4) is 22.8 Å². The van der Waals surface area contributed by atoms with Crippen LogP contribution in [0.5, 0.6) is 0 Å². The van der Waals surface area contributed by atoms with E-state index in [1.54, 1.807) is 6.20 Å². The molecule has 29 heavy (non-hydrogen) atoms. The van der Waals surface area contributed by atoms with E-state index < -0.39 is 0 Å². The van der Waals surface area contributed by atoms with Gasteiger partial charge in [0, 0.05) is 25.4 Å². The number of hydrogen-bond acceptors (Lipinski definition) is 6. The van der Waals surface area contributed by atoms with Crippen LogP contribution in [0.4, 0.5) is 5.82 Å². The van der Waals surface area contributed by atoms with Crippen LogP contribution in [0.3, 0.4) is 0 Å². The van der Waals surface area contributed by atoms with Gasteiger partial charge in [0.2, 0.25) is 0 Å². The fourth-order valence-electron chi connectivity index (χ4n) is 4.13. The SMILES string of the molecule is Cc1cnn(C)c1-c1cc(N2CCOC[C@H]2C)nn2c(-c3ccn[nH]3)nc(C)c12. The third-order valence-electron chi connectivity index (χ3n) is 5.54. The quantitative estimate of drug-likeness (QED) is 0.576. The summed E-state index contributed by atoms with van der Waals surface area (Å²) in [5.74, 6) is 1.65. The number of H-pyrrole nitrogens is 1. The number of hydrogen-bond donors (Lipinski definition) is 1. The molecule has 0 unspecified atom stereocenters. The first-order chi connectivity index (χ1) is 14.0. The number of morpholine rings is 1. The molecule has 0 aromatic carbocycles. The van der Waals surface area contributed by atoms with Gasteiger partial charge in [-0.25, -0.2) is 9.50 Å². The number of rotatable bonds is 3. The minimum absolute atomic E-state index is 0.245. The molecular formula is C20H24N8O. The second-order valence-electron chi connectivity index (χ2n) is 7.58. The third kappa shape index (κ3) is 2.80. The van der Waals surface area contributed by atoms with Gasteiger partial charge < -0.3 is 9.64 Å². The zero-order valence-corrected chi connectivity index (χ0v) is 17.0. The number of nitrogens with zero attached hydrogens (tertiary/aromatic N) is 7. The second-order valence-corrected chi connectivity index (χ2v) is 7.58. The van der Waals surface area contributed by atoms with Crippen molar-refractivity contribution in [2.24, 2.45) is 7.05 Å². The van der Waals surface area contributed by atoms with E-state index >= 15 is 0 Å². The first-order valence-electron chi connectivity index (χ1n) is 9.78. The van der Waals surface area contributed by atoms with Gasteiger partial charge in [-0.2, -0.15) is 10.2 Å². The lowest BCUT2D eigenvalue weighted by molar-refractivity contribution is 0.0984. The Morgan fingerprint density at radius 1 is 1.28 bits per heavy atom. The van der Waals surface area contributed by atoms with Gasteiger partial charge in [0.25, 0.3) is 0 Å². The largest absolute Gasteiger partial charge is 0.377 e. The van der Waals surface area contributed by atoms with Crippen LogP contribution >= 0.6 is 0 Å². The van der Waals surface area contributed by atoms with Gasteiger partial charge in [0.15, 0.2) is 11.6 Å². The topological polar surface area (TPSA) is 89.2 Å². The van der Waals surface area contributed by atoms with Gasteiger partial charge in [0.05, 0.1) is 42.4 Å². The maximum atomic E-state index is 5.63. The van der Waals surface area contributed by atoms with Gasteiger partial charge in [-0.3, -0.25) is 9.78 Å². The summed E-state index contributed by atoms with van der Waals surface area (Å²) in [6.45, 7) is 8.45. The standard InChI is InChI=1S/C20H24N8O/c1-12-10-22-26(4)18(12)15-9-17(27-7-8-29-11-13(27)2)25-28-19(15)14(3)23-20(28)16-5-6-21-24-16/h5-6,9-10,13H,7-8,11H2,1-4H3,(H,21,24)/t13-/m1/s1. The zero-order valence-electron chi connectivity index (χ0n) is 17.0. The number of aromatic amines is 1. The summed E-state index contributed by atoms with van der Waals surface area (Å²) in [5, 5.41) is 16.6.